The average molecular weight is 371 g/mol. The van der Waals surface area contributed by atoms with Crippen LogP contribution in [0.5, 0.6) is 5.75 Å². The van der Waals surface area contributed by atoms with E-state index in [4.69, 9.17) is 16.3 Å². The number of nitrogens with zero attached hydrogens (tertiary/aromatic N) is 4. The van der Waals surface area contributed by atoms with E-state index in [1.165, 1.54) is 0 Å². The first-order valence-electron chi connectivity index (χ1n) is 8.39. The molecule has 1 amide bonds. The summed E-state index contributed by atoms with van der Waals surface area (Å²) in [6.45, 7) is 4.01. The van der Waals surface area contributed by atoms with E-state index in [-0.39, 0.29) is 11.4 Å². The van der Waals surface area contributed by atoms with Crippen LogP contribution in [0.25, 0.3) is 0 Å². The Morgan fingerprint density at radius 3 is 2.65 bits per heavy atom. The molecular weight excluding hydrogens is 352 g/mol. The van der Waals surface area contributed by atoms with Crippen LogP contribution in [0.2, 0.25) is 0 Å². The molecule has 1 atom stereocenters. The lowest BCUT2D eigenvalue weighted by Crippen LogP contribution is -2.53. The Balaban J connectivity index is 1.60. The van der Waals surface area contributed by atoms with E-state index in [1.807, 2.05) is 36.1 Å². The van der Waals surface area contributed by atoms with Crippen molar-refractivity contribution in [1.29, 1.82) is 0 Å². The Hall–Kier alpha value is -2.78. The van der Waals surface area contributed by atoms with Crippen molar-refractivity contribution in [3.63, 3.8) is 0 Å². The quantitative estimate of drug-likeness (QED) is 0.470. The number of amides is 1. The molecular formula is C19H19ClN4O2. The number of hydrogen-bond donors (Lipinski definition) is 0. The van der Waals surface area contributed by atoms with E-state index in [0.717, 1.165) is 11.3 Å². The van der Waals surface area contributed by atoms with E-state index in [0.29, 0.717) is 32.2 Å². The van der Waals surface area contributed by atoms with Gasteiger partial charge in [0, 0.05) is 37.0 Å². The monoisotopic (exact) mass is 370 g/mol. The van der Waals surface area contributed by atoms with E-state index in [9.17, 15) is 4.79 Å². The van der Waals surface area contributed by atoms with Crippen LogP contribution in [0.3, 0.4) is 0 Å². The molecule has 0 spiro atoms. The highest BCUT2D eigenvalue weighted by Crippen LogP contribution is 2.18. The minimum atomic E-state index is -0.387. The van der Waals surface area contributed by atoms with Crippen molar-refractivity contribution in [3.8, 4) is 17.6 Å². The van der Waals surface area contributed by atoms with Gasteiger partial charge in [0.05, 0.1) is 13.2 Å². The summed E-state index contributed by atoms with van der Waals surface area (Å²) in [5.41, 5.74) is 0.378. The van der Waals surface area contributed by atoms with Gasteiger partial charge in [-0.25, -0.2) is 9.97 Å². The molecule has 134 valence electrons. The molecule has 1 aliphatic heterocycles. The molecule has 0 radical (unpaired) electrons. The first kappa shape index (κ1) is 18.0. The third kappa shape index (κ3) is 4.44. The number of aromatic nitrogens is 2. The number of alkyl halides is 1. The molecule has 1 aliphatic rings. The topological polar surface area (TPSA) is 58.6 Å². The molecule has 0 saturated carbocycles. The summed E-state index contributed by atoms with van der Waals surface area (Å²) in [4.78, 5) is 24.3. The maximum atomic E-state index is 12.3. The first-order chi connectivity index (χ1) is 12.7. The number of hydrogen-bond acceptors (Lipinski definition) is 5. The van der Waals surface area contributed by atoms with Gasteiger partial charge in [0.2, 0.25) is 5.95 Å². The molecule has 1 unspecified atom stereocenters. The summed E-state index contributed by atoms with van der Waals surface area (Å²) < 4.78 is 5.39. The lowest BCUT2D eigenvalue weighted by Gasteiger charge is -2.37. The third-order valence-corrected chi connectivity index (χ3v) is 4.27. The Bertz CT molecular complexity index is 802. The van der Waals surface area contributed by atoms with Crippen molar-refractivity contribution in [2.24, 2.45) is 0 Å². The standard InChI is InChI=1S/C19H19ClN4O2/c1-2-26-16-7-4-15(5-8-16)6-9-18(25)23-12-13-24(17(20)14-23)19-21-10-3-11-22-19/h3-5,7-8,10-11,17H,2,12-14H2,1H3. The van der Waals surface area contributed by atoms with E-state index < -0.39 is 0 Å². The Morgan fingerprint density at radius 1 is 1.27 bits per heavy atom. The zero-order chi connectivity index (χ0) is 18.4. The third-order valence-electron chi connectivity index (χ3n) is 3.90. The number of carbonyl (C=O) groups is 1. The maximum Gasteiger partial charge on any atom is 0.299 e. The fourth-order valence-electron chi connectivity index (χ4n) is 2.60. The SMILES string of the molecule is CCOc1ccc(C#CC(=O)N2CCN(c3ncccn3)C(Cl)C2)cc1. The van der Waals surface area contributed by atoms with Gasteiger partial charge < -0.3 is 14.5 Å². The predicted molar refractivity (Wildman–Crippen MR) is 100 cm³/mol. The fourth-order valence-corrected chi connectivity index (χ4v) is 2.95. The van der Waals surface area contributed by atoms with Gasteiger partial charge in [-0.2, -0.15) is 0 Å². The Morgan fingerprint density at radius 2 is 2.00 bits per heavy atom. The Kier molecular flexibility index (Phi) is 5.92. The van der Waals surface area contributed by atoms with Crippen LogP contribution in [0, 0.1) is 11.8 Å². The number of rotatable bonds is 3. The number of ether oxygens (including phenoxy) is 1. The van der Waals surface area contributed by atoms with E-state index >= 15 is 0 Å². The number of benzene rings is 1. The predicted octanol–water partition coefficient (Wildman–Crippen LogP) is 2.14. The van der Waals surface area contributed by atoms with Gasteiger partial charge in [0.15, 0.2) is 0 Å². The number of halogens is 1. The maximum absolute atomic E-state index is 12.3. The van der Waals surface area contributed by atoms with E-state index in [1.54, 1.807) is 23.4 Å². The minimum absolute atomic E-state index is 0.238. The highest BCUT2D eigenvalue weighted by molar-refractivity contribution is 6.22. The summed E-state index contributed by atoms with van der Waals surface area (Å²) in [5, 5.41) is 0. The van der Waals surface area contributed by atoms with Crippen molar-refractivity contribution < 1.29 is 9.53 Å². The lowest BCUT2D eigenvalue weighted by molar-refractivity contribution is -0.125. The molecule has 7 heteroatoms. The van der Waals surface area contributed by atoms with Gasteiger partial charge in [0.1, 0.15) is 11.3 Å². The highest BCUT2D eigenvalue weighted by atomic mass is 35.5. The second-order valence-corrected chi connectivity index (χ2v) is 6.14. The summed E-state index contributed by atoms with van der Waals surface area (Å²) in [6, 6.07) is 9.10. The van der Waals surface area contributed by atoms with Gasteiger partial charge in [-0.1, -0.05) is 17.5 Å². The summed E-state index contributed by atoms with van der Waals surface area (Å²) >= 11 is 6.41. The molecule has 2 heterocycles. The molecule has 1 fully saturated rings. The summed E-state index contributed by atoms with van der Waals surface area (Å²) in [7, 11) is 0. The lowest BCUT2D eigenvalue weighted by atomic mass is 10.2. The first-order valence-corrected chi connectivity index (χ1v) is 8.82. The van der Waals surface area contributed by atoms with Crippen molar-refractivity contribution in [2.75, 3.05) is 31.1 Å². The molecule has 1 saturated heterocycles. The zero-order valence-electron chi connectivity index (χ0n) is 14.4. The summed E-state index contributed by atoms with van der Waals surface area (Å²) in [5.74, 6) is 6.69. The highest BCUT2D eigenvalue weighted by Gasteiger charge is 2.28. The largest absolute Gasteiger partial charge is 0.494 e. The molecule has 1 aromatic heterocycles. The van der Waals surface area contributed by atoms with E-state index in [2.05, 4.69) is 21.8 Å². The zero-order valence-corrected chi connectivity index (χ0v) is 15.2. The van der Waals surface area contributed by atoms with Crippen LogP contribution in [0.15, 0.2) is 42.7 Å². The van der Waals surface area contributed by atoms with Crippen LogP contribution in [0.4, 0.5) is 5.95 Å². The van der Waals surface area contributed by atoms with Gasteiger partial charge in [-0.3, -0.25) is 4.79 Å². The normalized spacial score (nSPS) is 16.6. The van der Waals surface area contributed by atoms with Crippen LogP contribution in [-0.2, 0) is 4.79 Å². The summed E-state index contributed by atoms with van der Waals surface area (Å²) in [6.07, 6.45) is 3.34. The van der Waals surface area contributed by atoms with Crippen LogP contribution < -0.4 is 9.64 Å². The molecule has 0 aliphatic carbocycles. The minimum Gasteiger partial charge on any atom is -0.494 e. The number of piperazine rings is 1. The van der Waals surface area contributed by atoms with Crippen molar-refractivity contribution in [2.45, 2.75) is 12.4 Å². The van der Waals surface area contributed by atoms with Gasteiger partial charge in [0.25, 0.3) is 5.91 Å². The molecule has 2 aromatic rings. The van der Waals surface area contributed by atoms with Gasteiger partial charge in [-0.15, -0.1) is 0 Å². The molecule has 0 N–H and O–H groups in total. The van der Waals surface area contributed by atoms with Crippen LogP contribution in [-0.4, -0.2) is 52.5 Å². The number of anilines is 1. The van der Waals surface area contributed by atoms with Gasteiger partial charge in [-0.05, 0) is 37.3 Å². The Labute approximate surface area is 157 Å². The van der Waals surface area contributed by atoms with Crippen molar-refractivity contribution in [1.82, 2.24) is 14.9 Å². The molecule has 3 rings (SSSR count). The molecule has 0 bridgehead atoms. The smallest absolute Gasteiger partial charge is 0.299 e. The van der Waals surface area contributed by atoms with Crippen LogP contribution in [0.1, 0.15) is 12.5 Å². The number of carbonyl (C=O) groups excluding carboxylic acids is 1. The second-order valence-electron chi connectivity index (χ2n) is 5.64. The second kappa shape index (κ2) is 8.54. The van der Waals surface area contributed by atoms with Crippen molar-refractivity contribution >= 4 is 23.5 Å². The van der Waals surface area contributed by atoms with Crippen LogP contribution >= 0.6 is 11.6 Å². The van der Waals surface area contributed by atoms with Gasteiger partial charge >= 0.3 is 0 Å². The average Bonchev–Trinajstić information content (AvgIpc) is 2.68. The molecule has 26 heavy (non-hydrogen) atoms. The molecule has 1 aromatic carbocycles. The molecule has 6 nitrogen and oxygen atoms in total. The fraction of sp³-hybridized carbons (Fsp3) is 0.316. The van der Waals surface area contributed by atoms with Crippen molar-refractivity contribution in [3.05, 3.63) is 48.3 Å².